The fourth-order valence-electron chi connectivity index (χ4n) is 4.72. The Bertz CT molecular complexity index is 1240. The standard InChI is InChI=1S/C27H34N4O6/c1-17-16-18(2)30(29-17)14-10-6-7-11-15-37-27(33)24-20(4)28-19(3)23(26(32)36-5)25(24)21-12-8-9-13-22(21)31(34)35/h8-9,12-13,16,25,28H,6-7,10-11,14-15H2,1-5H3. The quantitative estimate of drug-likeness (QED) is 0.201. The second-order valence-corrected chi connectivity index (χ2v) is 9.14. The minimum absolute atomic E-state index is 0.138. The number of allylic oxidation sites excluding steroid dienone is 2. The van der Waals surface area contributed by atoms with E-state index in [0.717, 1.165) is 37.2 Å². The Morgan fingerprint density at radius 3 is 2.30 bits per heavy atom. The highest BCUT2D eigenvalue weighted by Gasteiger charge is 2.40. The van der Waals surface area contributed by atoms with E-state index in [0.29, 0.717) is 17.8 Å². The monoisotopic (exact) mass is 510 g/mol. The SMILES string of the molecule is COC(=O)C1=C(C)NC(C)=C(C(=O)OCCCCCCn2nc(C)cc2C)C1c1ccccc1[N+](=O)[O-]. The number of nitrogens with one attached hydrogen (secondary N) is 1. The lowest BCUT2D eigenvalue weighted by Gasteiger charge is -2.30. The second kappa shape index (κ2) is 12.3. The Kier molecular flexibility index (Phi) is 9.21. The average molecular weight is 511 g/mol. The summed E-state index contributed by atoms with van der Waals surface area (Å²) in [6.45, 7) is 8.42. The van der Waals surface area contributed by atoms with E-state index in [4.69, 9.17) is 9.47 Å². The minimum atomic E-state index is -0.997. The molecular weight excluding hydrogens is 476 g/mol. The van der Waals surface area contributed by atoms with Crippen LogP contribution in [-0.2, 0) is 25.6 Å². The van der Waals surface area contributed by atoms with Crippen LogP contribution in [0.4, 0.5) is 5.69 Å². The molecule has 0 radical (unpaired) electrons. The van der Waals surface area contributed by atoms with Crippen LogP contribution < -0.4 is 5.32 Å². The van der Waals surface area contributed by atoms with E-state index in [1.54, 1.807) is 32.0 Å². The smallest absolute Gasteiger partial charge is 0.336 e. The molecule has 1 aromatic carbocycles. The van der Waals surface area contributed by atoms with Gasteiger partial charge in [0.15, 0.2) is 0 Å². The Hall–Kier alpha value is -3.95. The van der Waals surface area contributed by atoms with E-state index in [1.807, 2.05) is 18.5 Å². The minimum Gasteiger partial charge on any atom is -0.466 e. The van der Waals surface area contributed by atoms with Crippen LogP contribution in [0.1, 0.15) is 62.4 Å². The molecule has 1 atom stereocenters. The normalized spacial score (nSPS) is 15.4. The third-order valence-electron chi connectivity index (χ3n) is 6.43. The van der Waals surface area contributed by atoms with Crippen LogP contribution in [0.3, 0.4) is 0 Å². The van der Waals surface area contributed by atoms with Crippen LogP contribution in [0.5, 0.6) is 0 Å². The first-order chi connectivity index (χ1) is 17.6. The zero-order chi connectivity index (χ0) is 27.1. The summed E-state index contributed by atoms with van der Waals surface area (Å²) >= 11 is 0. The summed E-state index contributed by atoms with van der Waals surface area (Å²) in [5.41, 5.74) is 3.41. The third kappa shape index (κ3) is 6.44. The number of hydrogen-bond donors (Lipinski definition) is 1. The van der Waals surface area contributed by atoms with Crippen molar-refractivity contribution in [2.24, 2.45) is 0 Å². The van der Waals surface area contributed by atoms with Gasteiger partial charge < -0.3 is 14.8 Å². The Morgan fingerprint density at radius 2 is 1.68 bits per heavy atom. The summed E-state index contributed by atoms with van der Waals surface area (Å²) in [5, 5.41) is 19.3. The number of hydrogen-bond acceptors (Lipinski definition) is 8. The summed E-state index contributed by atoms with van der Waals surface area (Å²) in [5.74, 6) is -2.29. The number of aryl methyl sites for hydroxylation is 3. The number of aromatic nitrogens is 2. The molecule has 1 aliphatic rings. The summed E-state index contributed by atoms with van der Waals surface area (Å²) in [6, 6.07) is 8.13. The molecule has 10 heteroatoms. The van der Waals surface area contributed by atoms with Crippen molar-refractivity contribution in [3.63, 3.8) is 0 Å². The Morgan fingerprint density at radius 1 is 1.03 bits per heavy atom. The van der Waals surface area contributed by atoms with Crippen LogP contribution in [0.25, 0.3) is 0 Å². The number of nitrogens with zero attached hydrogens (tertiary/aromatic N) is 3. The van der Waals surface area contributed by atoms with Crippen LogP contribution in [0.15, 0.2) is 52.9 Å². The highest BCUT2D eigenvalue weighted by Crippen LogP contribution is 2.42. The molecule has 0 spiro atoms. The molecule has 10 nitrogen and oxygen atoms in total. The first-order valence-corrected chi connectivity index (χ1v) is 12.3. The zero-order valence-corrected chi connectivity index (χ0v) is 22.0. The molecular formula is C27H34N4O6. The zero-order valence-electron chi connectivity index (χ0n) is 22.0. The number of nitro benzene ring substituents is 1. The van der Waals surface area contributed by atoms with Gasteiger partial charge in [-0.3, -0.25) is 14.8 Å². The lowest BCUT2D eigenvalue weighted by atomic mass is 9.79. The van der Waals surface area contributed by atoms with Gasteiger partial charge in [-0.15, -0.1) is 0 Å². The van der Waals surface area contributed by atoms with Gasteiger partial charge >= 0.3 is 11.9 Å². The molecule has 0 bridgehead atoms. The molecule has 0 saturated heterocycles. The molecule has 1 aromatic heterocycles. The first kappa shape index (κ1) is 27.6. The Balaban J connectivity index is 1.70. The second-order valence-electron chi connectivity index (χ2n) is 9.14. The van der Waals surface area contributed by atoms with E-state index >= 15 is 0 Å². The van der Waals surface area contributed by atoms with Crippen molar-refractivity contribution >= 4 is 17.6 Å². The van der Waals surface area contributed by atoms with E-state index in [1.165, 1.54) is 13.2 Å². The molecule has 2 aromatic rings. The van der Waals surface area contributed by atoms with Gasteiger partial charge in [-0.1, -0.05) is 24.6 Å². The highest BCUT2D eigenvalue weighted by molar-refractivity contribution is 6.00. The molecule has 198 valence electrons. The van der Waals surface area contributed by atoms with Gasteiger partial charge in [0.25, 0.3) is 5.69 Å². The molecule has 0 fully saturated rings. The fourth-order valence-corrected chi connectivity index (χ4v) is 4.72. The third-order valence-corrected chi connectivity index (χ3v) is 6.43. The predicted octanol–water partition coefficient (Wildman–Crippen LogP) is 4.62. The number of rotatable bonds is 11. The summed E-state index contributed by atoms with van der Waals surface area (Å²) < 4.78 is 12.6. The van der Waals surface area contributed by atoms with Gasteiger partial charge in [0, 0.05) is 35.3 Å². The first-order valence-electron chi connectivity index (χ1n) is 12.3. The van der Waals surface area contributed by atoms with Crippen molar-refractivity contribution in [3.05, 3.63) is 79.9 Å². The lowest BCUT2D eigenvalue weighted by Crippen LogP contribution is -2.32. The maximum absolute atomic E-state index is 13.3. The number of benzene rings is 1. The molecule has 37 heavy (non-hydrogen) atoms. The molecule has 0 amide bonds. The maximum atomic E-state index is 13.3. The number of esters is 2. The number of unbranched alkanes of at least 4 members (excludes halogenated alkanes) is 3. The number of ether oxygens (including phenoxy) is 2. The molecule has 0 aliphatic carbocycles. The van der Waals surface area contributed by atoms with Crippen LogP contribution in [0.2, 0.25) is 0 Å². The summed E-state index contributed by atoms with van der Waals surface area (Å²) in [7, 11) is 1.23. The maximum Gasteiger partial charge on any atom is 0.336 e. The van der Waals surface area contributed by atoms with E-state index in [-0.39, 0.29) is 29.0 Å². The predicted molar refractivity (Wildman–Crippen MR) is 138 cm³/mol. The molecule has 1 aliphatic heterocycles. The molecule has 1 unspecified atom stereocenters. The van der Waals surface area contributed by atoms with E-state index in [2.05, 4.69) is 16.5 Å². The molecule has 1 N–H and O–H groups in total. The van der Waals surface area contributed by atoms with Crippen molar-refractivity contribution in [3.8, 4) is 0 Å². The largest absolute Gasteiger partial charge is 0.466 e. The van der Waals surface area contributed by atoms with Crippen LogP contribution in [-0.4, -0.2) is 40.4 Å². The van der Waals surface area contributed by atoms with Crippen LogP contribution >= 0.6 is 0 Å². The van der Waals surface area contributed by atoms with Crippen molar-refractivity contribution in [2.45, 2.75) is 65.8 Å². The molecule has 2 heterocycles. The molecule has 0 saturated carbocycles. The Labute approximate surface area is 216 Å². The highest BCUT2D eigenvalue weighted by atomic mass is 16.6. The number of nitro groups is 1. The number of carbonyl (C=O) groups excluding carboxylic acids is 2. The number of methoxy groups -OCH3 is 1. The molecule has 3 rings (SSSR count). The summed E-state index contributed by atoms with van der Waals surface area (Å²) in [4.78, 5) is 37.3. The van der Waals surface area contributed by atoms with Gasteiger partial charge in [-0.25, -0.2) is 9.59 Å². The van der Waals surface area contributed by atoms with Crippen molar-refractivity contribution in [1.29, 1.82) is 0 Å². The topological polar surface area (TPSA) is 126 Å². The van der Waals surface area contributed by atoms with Gasteiger partial charge in [-0.05, 0) is 53.0 Å². The number of carbonyl (C=O) groups is 2. The van der Waals surface area contributed by atoms with Gasteiger partial charge in [0.05, 0.1) is 41.4 Å². The van der Waals surface area contributed by atoms with Gasteiger partial charge in [0.2, 0.25) is 0 Å². The average Bonchev–Trinajstić information content (AvgIpc) is 3.18. The fraction of sp³-hybridized carbons (Fsp3) is 0.444. The van der Waals surface area contributed by atoms with Gasteiger partial charge in [0.1, 0.15) is 0 Å². The number of para-hydroxylation sites is 1. The van der Waals surface area contributed by atoms with E-state index in [9.17, 15) is 19.7 Å². The van der Waals surface area contributed by atoms with Crippen molar-refractivity contribution < 1.29 is 24.0 Å². The summed E-state index contributed by atoms with van der Waals surface area (Å²) in [6.07, 6.45) is 3.49. The van der Waals surface area contributed by atoms with Crippen LogP contribution in [0, 0.1) is 24.0 Å². The van der Waals surface area contributed by atoms with Crippen molar-refractivity contribution in [1.82, 2.24) is 15.1 Å². The number of dihydropyridines is 1. The van der Waals surface area contributed by atoms with E-state index < -0.39 is 22.8 Å². The van der Waals surface area contributed by atoms with Gasteiger partial charge in [-0.2, -0.15) is 5.10 Å². The lowest BCUT2D eigenvalue weighted by molar-refractivity contribution is -0.385. The van der Waals surface area contributed by atoms with Crippen molar-refractivity contribution in [2.75, 3.05) is 13.7 Å².